The van der Waals surface area contributed by atoms with Crippen molar-refractivity contribution >= 4 is 45.1 Å². The molecule has 3 aromatic rings. The maximum Gasteiger partial charge on any atom is 0.264 e. The lowest BCUT2D eigenvalue weighted by molar-refractivity contribution is 0.0597. The predicted molar refractivity (Wildman–Crippen MR) is 185 cm³/mol. The van der Waals surface area contributed by atoms with Crippen LogP contribution in [0.2, 0.25) is 0 Å². The smallest absolute Gasteiger partial charge is 0.264 e. The zero-order valence-electron chi connectivity index (χ0n) is 27.6. The first kappa shape index (κ1) is 29.7. The number of aryl methyl sites for hydroxylation is 3. The average molecular weight is 610 g/mol. The summed E-state index contributed by atoms with van der Waals surface area (Å²) in [6.45, 7) is 18.8. The molecule has 0 fully saturated rings. The third-order valence-corrected chi connectivity index (χ3v) is 9.81. The summed E-state index contributed by atoms with van der Waals surface area (Å²) in [6, 6.07) is 12.4. The quantitative estimate of drug-likeness (QED) is 0.290. The third kappa shape index (κ3) is 4.56. The molecule has 7 nitrogen and oxygen atoms in total. The Balaban J connectivity index is 1.57. The Bertz CT molecular complexity index is 2150. The van der Waals surface area contributed by atoms with E-state index in [2.05, 4.69) is 62.4 Å². The predicted octanol–water partition coefficient (Wildman–Crippen LogP) is 8.56. The number of allylic oxidation sites excluding steroid dienone is 5. The zero-order valence-corrected chi connectivity index (χ0v) is 27.6. The molecular formula is C39H39N5O2. The van der Waals surface area contributed by atoms with Gasteiger partial charge in [-0.05, 0) is 93.5 Å². The van der Waals surface area contributed by atoms with E-state index in [4.69, 9.17) is 9.97 Å². The molecule has 6 heterocycles. The number of rotatable bonds is 4. The Morgan fingerprint density at radius 2 is 1.52 bits per heavy atom. The van der Waals surface area contributed by atoms with E-state index in [0.29, 0.717) is 23.1 Å². The third-order valence-electron chi connectivity index (χ3n) is 9.81. The van der Waals surface area contributed by atoms with Gasteiger partial charge in [0.15, 0.2) is 0 Å². The molecule has 0 aliphatic carbocycles. The van der Waals surface area contributed by atoms with Gasteiger partial charge in [-0.15, -0.1) is 0 Å². The van der Waals surface area contributed by atoms with Crippen molar-refractivity contribution in [3.63, 3.8) is 0 Å². The number of hydrogen-bond acceptors (Lipinski definition) is 4. The van der Waals surface area contributed by atoms with Crippen molar-refractivity contribution in [2.45, 2.75) is 73.8 Å². The summed E-state index contributed by atoms with van der Waals surface area (Å²) >= 11 is 0. The summed E-state index contributed by atoms with van der Waals surface area (Å²) in [5.74, 6) is -0.464. The molecule has 0 saturated carbocycles. The molecule has 7 heteroatoms. The lowest BCUT2D eigenvalue weighted by Gasteiger charge is -2.26. The maximum atomic E-state index is 14.5. The van der Waals surface area contributed by atoms with Crippen LogP contribution in [0.1, 0.15) is 117 Å². The molecule has 1 atom stereocenters. The van der Waals surface area contributed by atoms with Gasteiger partial charge in [-0.25, -0.2) is 9.97 Å². The summed E-state index contributed by atoms with van der Waals surface area (Å²) in [6.07, 6.45) is 3.30. The Morgan fingerprint density at radius 1 is 0.848 bits per heavy atom. The Kier molecular flexibility index (Phi) is 6.96. The van der Waals surface area contributed by atoms with Gasteiger partial charge in [0.2, 0.25) is 0 Å². The number of carbonyl (C=O) groups is 2. The Labute approximate surface area is 269 Å². The molecule has 7 rings (SSSR count). The van der Waals surface area contributed by atoms with Crippen LogP contribution in [0.4, 0.5) is 0 Å². The van der Waals surface area contributed by atoms with Gasteiger partial charge in [-0.3, -0.25) is 14.5 Å². The number of amides is 2. The van der Waals surface area contributed by atoms with Crippen molar-refractivity contribution in [3.8, 4) is 0 Å². The first-order chi connectivity index (χ1) is 22.0. The summed E-state index contributed by atoms with van der Waals surface area (Å²) in [7, 11) is 0. The number of nitrogens with one attached hydrogen (secondary N) is 2. The number of imide groups is 1. The monoisotopic (exact) mass is 609 g/mol. The van der Waals surface area contributed by atoms with Gasteiger partial charge in [0.25, 0.3) is 11.8 Å². The van der Waals surface area contributed by atoms with E-state index in [-0.39, 0.29) is 24.3 Å². The molecule has 0 saturated heterocycles. The minimum absolute atomic E-state index is 0.117. The van der Waals surface area contributed by atoms with Crippen molar-refractivity contribution in [1.29, 1.82) is 0 Å². The highest BCUT2D eigenvalue weighted by Crippen LogP contribution is 2.39. The largest absolute Gasteiger partial charge is 0.361 e. The second kappa shape index (κ2) is 10.8. The highest BCUT2D eigenvalue weighted by atomic mass is 16.2. The fourth-order valence-corrected chi connectivity index (χ4v) is 7.41. The molecule has 46 heavy (non-hydrogen) atoms. The lowest BCUT2D eigenvalue weighted by atomic mass is 9.96. The van der Waals surface area contributed by atoms with Crippen molar-refractivity contribution in [3.05, 3.63) is 117 Å². The molecule has 0 unspecified atom stereocenters. The van der Waals surface area contributed by atoms with Crippen molar-refractivity contribution < 1.29 is 9.59 Å². The molecule has 1 aromatic carbocycles. The van der Waals surface area contributed by atoms with E-state index in [0.717, 1.165) is 90.6 Å². The fraction of sp³-hybridized carbons (Fsp3) is 0.282. The van der Waals surface area contributed by atoms with Crippen LogP contribution in [0.5, 0.6) is 0 Å². The Hall–Kier alpha value is -5.04. The van der Waals surface area contributed by atoms with E-state index in [1.807, 2.05) is 45.0 Å². The molecule has 4 aliphatic rings. The number of fused-ring (bicyclic) bond motifs is 8. The van der Waals surface area contributed by atoms with Gasteiger partial charge in [0.05, 0.1) is 46.0 Å². The summed E-state index contributed by atoms with van der Waals surface area (Å²) in [5.41, 5.74) is 15.8. The van der Waals surface area contributed by atoms with Crippen LogP contribution >= 0.6 is 0 Å². The second-order valence-corrected chi connectivity index (χ2v) is 13.0. The van der Waals surface area contributed by atoms with Crippen LogP contribution in [-0.4, -0.2) is 36.7 Å². The number of aromatic nitrogens is 4. The topological polar surface area (TPSA) is 94.7 Å². The number of carbonyl (C=O) groups excluding carboxylic acids is 2. The average Bonchev–Trinajstić information content (AvgIpc) is 3.69. The number of H-pyrrole nitrogens is 2. The van der Waals surface area contributed by atoms with Crippen LogP contribution in [0, 0.1) is 20.8 Å². The van der Waals surface area contributed by atoms with Crippen LogP contribution in [0.3, 0.4) is 0 Å². The van der Waals surface area contributed by atoms with Gasteiger partial charge in [0.1, 0.15) is 0 Å². The normalized spacial score (nSPS) is 16.8. The number of benzene rings is 1. The molecular weight excluding hydrogens is 570 g/mol. The summed E-state index contributed by atoms with van der Waals surface area (Å²) in [4.78, 5) is 47.4. The van der Waals surface area contributed by atoms with Crippen LogP contribution in [0.25, 0.3) is 33.3 Å². The van der Waals surface area contributed by atoms with Crippen LogP contribution in [-0.2, 0) is 13.0 Å². The maximum absolute atomic E-state index is 14.5. The van der Waals surface area contributed by atoms with Crippen LogP contribution in [0.15, 0.2) is 49.1 Å². The van der Waals surface area contributed by atoms with Crippen molar-refractivity contribution in [2.24, 2.45) is 0 Å². The number of aromatic amines is 2. The number of hydrogen-bond donors (Lipinski definition) is 2. The molecule has 232 valence electrons. The van der Waals surface area contributed by atoms with Crippen molar-refractivity contribution in [1.82, 2.24) is 24.8 Å². The van der Waals surface area contributed by atoms with Gasteiger partial charge < -0.3 is 9.97 Å². The lowest BCUT2D eigenvalue weighted by Crippen LogP contribution is -2.40. The van der Waals surface area contributed by atoms with Gasteiger partial charge in [0, 0.05) is 28.4 Å². The van der Waals surface area contributed by atoms with Gasteiger partial charge in [-0.2, -0.15) is 0 Å². The van der Waals surface area contributed by atoms with Gasteiger partial charge in [-0.1, -0.05) is 55.8 Å². The summed E-state index contributed by atoms with van der Waals surface area (Å²) in [5, 5.41) is 0. The summed E-state index contributed by atoms with van der Waals surface area (Å²) < 4.78 is 0. The van der Waals surface area contributed by atoms with E-state index >= 15 is 0 Å². The first-order valence-electron chi connectivity index (χ1n) is 16.0. The highest BCUT2D eigenvalue weighted by molar-refractivity contribution is 6.23. The first-order valence-corrected chi connectivity index (χ1v) is 16.0. The molecule has 2 aromatic heterocycles. The minimum Gasteiger partial charge on any atom is -0.361 e. The van der Waals surface area contributed by atoms with E-state index < -0.39 is 0 Å². The minimum atomic E-state index is -0.297. The SMILES string of the molecule is C=CC1=C(C)c2cc3[nH]c(c4c5[nH]c(cc6nc(cc1n2)C(C)=C6CC)c(C)c5C(=O)N(Cc1cc(C)cc(C)c1)C4=O)C[C@@H]3C. The van der Waals surface area contributed by atoms with Crippen LogP contribution < -0.4 is 0 Å². The Morgan fingerprint density at radius 3 is 2.22 bits per heavy atom. The standard InChI is InChI=1S/C39H39N5O2/c1-9-26-22(6)29-15-28-21(5)14-34(40-28)36-37-35(38(45)44(39(36)46)18-25-12-19(3)11-20(4)13-25)24(8)31(43-37)17-33-27(10-2)23(7)30(42-33)16-32(26)41-29/h9,11-13,15-17,21,40,43H,1,10,14,18H2,2-8H3/t21-/m0/s1. The van der Waals surface area contributed by atoms with Gasteiger partial charge >= 0.3 is 0 Å². The highest BCUT2D eigenvalue weighted by Gasteiger charge is 2.37. The molecule has 0 spiro atoms. The van der Waals surface area contributed by atoms with E-state index in [1.54, 1.807) is 0 Å². The van der Waals surface area contributed by atoms with Crippen molar-refractivity contribution in [2.75, 3.05) is 0 Å². The molecule has 2 amide bonds. The fourth-order valence-electron chi connectivity index (χ4n) is 7.41. The molecule has 8 bridgehead atoms. The zero-order chi connectivity index (χ0) is 32.6. The second-order valence-electron chi connectivity index (χ2n) is 13.0. The van der Waals surface area contributed by atoms with E-state index in [9.17, 15) is 9.59 Å². The molecule has 4 aliphatic heterocycles. The number of nitrogens with zero attached hydrogens (tertiary/aromatic N) is 3. The molecule has 0 radical (unpaired) electrons. The van der Waals surface area contributed by atoms with E-state index in [1.165, 1.54) is 4.90 Å². The molecule has 2 N–H and O–H groups in total.